The van der Waals surface area contributed by atoms with Crippen LogP contribution in [0.4, 0.5) is 5.82 Å². The number of nitrogen functional groups attached to an aromatic ring is 1. The fourth-order valence-electron chi connectivity index (χ4n) is 1.18. The van der Waals surface area contributed by atoms with Crippen molar-refractivity contribution in [2.75, 3.05) is 52.5 Å². The summed E-state index contributed by atoms with van der Waals surface area (Å²) in [4.78, 5) is 7.80. The van der Waals surface area contributed by atoms with Crippen LogP contribution in [0, 0.1) is 0 Å². The van der Waals surface area contributed by atoms with E-state index in [1.807, 2.05) is 0 Å². The van der Waals surface area contributed by atoms with Gasteiger partial charge in [-0.2, -0.15) is 9.97 Å². The fraction of sp³-hybridized carbons (Fsp3) is 0.636. The van der Waals surface area contributed by atoms with E-state index in [9.17, 15) is 0 Å². The number of methoxy groups -OCH3 is 1. The van der Waals surface area contributed by atoms with Crippen LogP contribution < -0.4 is 15.2 Å². The average molecular weight is 273 g/mol. The van der Waals surface area contributed by atoms with Gasteiger partial charge in [-0.1, -0.05) is 0 Å². The maximum atomic E-state index is 8.48. The van der Waals surface area contributed by atoms with Gasteiger partial charge in [0.15, 0.2) is 0 Å². The number of aliphatic hydroxyl groups excluding tert-OH is 1. The summed E-state index contributed by atoms with van der Waals surface area (Å²) in [6, 6.07) is 1.67. The average Bonchev–Trinajstić information content (AvgIpc) is 2.41. The first-order valence-corrected chi connectivity index (χ1v) is 5.84. The zero-order valence-corrected chi connectivity index (χ0v) is 10.9. The van der Waals surface area contributed by atoms with Crippen molar-refractivity contribution in [3.8, 4) is 11.9 Å². The van der Waals surface area contributed by atoms with Gasteiger partial charge in [0.25, 0.3) is 0 Å². The van der Waals surface area contributed by atoms with Crippen molar-refractivity contribution in [1.82, 2.24) is 9.97 Å². The predicted octanol–water partition coefficient (Wildman–Crippen LogP) is -0.528. The van der Waals surface area contributed by atoms with Crippen LogP contribution in [0.5, 0.6) is 11.9 Å². The summed E-state index contributed by atoms with van der Waals surface area (Å²) in [5.41, 5.74) is 5.55. The molecular weight excluding hydrogens is 254 g/mol. The Hall–Kier alpha value is -1.64. The highest BCUT2D eigenvalue weighted by atomic mass is 16.5. The van der Waals surface area contributed by atoms with Gasteiger partial charge in [0.2, 0.25) is 5.88 Å². The number of rotatable bonds is 10. The van der Waals surface area contributed by atoms with Crippen molar-refractivity contribution in [1.29, 1.82) is 0 Å². The topological polar surface area (TPSA) is 109 Å². The highest BCUT2D eigenvalue weighted by Gasteiger charge is 2.03. The SMILES string of the molecule is COc1nc(N)cc(OCCOCCOCCO)n1. The largest absolute Gasteiger partial charge is 0.475 e. The van der Waals surface area contributed by atoms with Crippen LogP contribution in [0.3, 0.4) is 0 Å². The highest BCUT2D eigenvalue weighted by Crippen LogP contribution is 2.14. The lowest BCUT2D eigenvalue weighted by Gasteiger charge is -2.08. The van der Waals surface area contributed by atoms with Gasteiger partial charge in [-0.25, -0.2) is 0 Å². The fourth-order valence-corrected chi connectivity index (χ4v) is 1.18. The zero-order chi connectivity index (χ0) is 13.9. The Balaban J connectivity index is 2.13. The van der Waals surface area contributed by atoms with Gasteiger partial charge in [0.1, 0.15) is 12.4 Å². The minimum Gasteiger partial charge on any atom is -0.475 e. The van der Waals surface area contributed by atoms with Crippen LogP contribution in [-0.2, 0) is 9.47 Å². The normalized spacial score (nSPS) is 10.4. The number of aromatic nitrogens is 2. The van der Waals surface area contributed by atoms with Gasteiger partial charge in [0.05, 0.1) is 40.1 Å². The predicted molar refractivity (Wildman–Crippen MR) is 67.2 cm³/mol. The molecule has 1 aromatic rings. The first-order chi connectivity index (χ1) is 9.26. The molecule has 8 heteroatoms. The van der Waals surface area contributed by atoms with E-state index in [1.54, 1.807) is 0 Å². The van der Waals surface area contributed by atoms with Crippen LogP contribution in [0.2, 0.25) is 0 Å². The molecule has 0 aliphatic heterocycles. The van der Waals surface area contributed by atoms with E-state index in [0.717, 1.165) is 0 Å². The summed E-state index contributed by atoms with van der Waals surface area (Å²) < 4.78 is 20.5. The van der Waals surface area contributed by atoms with Crippen molar-refractivity contribution < 1.29 is 24.1 Å². The summed E-state index contributed by atoms with van der Waals surface area (Å²) in [7, 11) is 1.45. The smallest absolute Gasteiger partial charge is 0.321 e. The molecule has 0 saturated heterocycles. The monoisotopic (exact) mass is 273 g/mol. The standard InChI is InChI=1S/C11H19N3O5/c1-16-11-13-9(12)8-10(14-11)19-7-6-18-5-4-17-3-2-15/h8,15H,2-7H2,1H3,(H2,12,13,14). The second-order valence-corrected chi connectivity index (χ2v) is 3.41. The van der Waals surface area contributed by atoms with Crippen molar-refractivity contribution in [2.24, 2.45) is 0 Å². The van der Waals surface area contributed by atoms with E-state index in [2.05, 4.69) is 9.97 Å². The van der Waals surface area contributed by atoms with Crippen molar-refractivity contribution >= 4 is 5.82 Å². The van der Waals surface area contributed by atoms with Crippen molar-refractivity contribution in [3.05, 3.63) is 6.07 Å². The number of hydrogen-bond acceptors (Lipinski definition) is 8. The quantitative estimate of drug-likeness (QED) is 0.548. The molecule has 3 N–H and O–H groups in total. The summed E-state index contributed by atoms with van der Waals surface area (Å²) in [5, 5.41) is 8.48. The van der Waals surface area contributed by atoms with Crippen molar-refractivity contribution in [3.63, 3.8) is 0 Å². The molecule has 108 valence electrons. The van der Waals surface area contributed by atoms with Crippen molar-refractivity contribution in [2.45, 2.75) is 0 Å². The number of aliphatic hydroxyl groups is 1. The van der Waals surface area contributed by atoms with Gasteiger partial charge in [-0.15, -0.1) is 0 Å². The Bertz CT molecular complexity index is 364. The van der Waals surface area contributed by atoms with Gasteiger partial charge in [-0.05, 0) is 0 Å². The minimum absolute atomic E-state index is 0.0140. The van der Waals surface area contributed by atoms with Crippen LogP contribution >= 0.6 is 0 Å². The summed E-state index contributed by atoms with van der Waals surface area (Å²) in [5.74, 6) is 0.615. The Morgan fingerprint density at radius 3 is 2.47 bits per heavy atom. The Morgan fingerprint density at radius 2 is 1.79 bits per heavy atom. The van der Waals surface area contributed by atoms with E-state index in [4.69, 9.17) is 29.8 Å². The molecule has 1 heterocycles. The minimum atomic E-state index is 0.0140. The van der Waals surface area contributed by atoms with Crippen LogP contribution in [0.1, 0.15) is 0 Å². The van der Waals surface area contributed by atoms with E-state index in [1.165, 1.54) is 13.2 Å². The lowest BCUT2D eigenvalue weighted by Crippen LogP contribution is -2.12. The van der Waals surface area contributed by atoms with Crippen LogP contribution in [0.25, 0.3) is 0 Å². The maximum Gasteiger partial charge on any atom is 0.321 e. The summed E-state index contributed by atoms with van der Waals surface area (Å²) >= 11 is 0. The third-order valence-electron chi connectivity index (χ3n) is 1.97. The second-order valence-electron chi connectivity index (χ2n) is 3.41. The summed E-state index contributed by atoms with van der Waals surface area (Å²) in [6.45, 7) is 1.95. The third-order valence-corrected chi connectivity index (χ3v) is 1.97. The lowest BCUT2D eigenvalue weighted by molar-refractivity contribution is 0.0243. The molecule has 0 radical (unpaired) electrons. The number of nitrogens with zero attached hydrogens (tertiary/aromatic N) is 2. The van der Waals surface area contributed by atoms with Gasteiger partial charge in [-0.3, -0.25) is 0 Å². The third kappa shape index (κ3) is 6.75. The molecule has 1 aromatic heterocycles. The number of hydrogen-bond donors (Lipinski definition) is 2. The van der Waals surface area contributed by atoms with Crippen LogP contribution in [0.15, 0.2) is 6.07 Å². The molecule has 0 bridgehead atoms. The van der Waals surface area contributed by atoms with E-state index in [0.29, 0.717) is 38.9 Å². The molecule has 0 aromatic carbocycles. The molecule has 1 rings (SSSR count). The molecule has 0 atom stereocenters. The Labute approximate surface area is 111 Å². The van der Waals surface area contributed by atoms with Crippen LogP contribution in [-0.4, -0.2) is 61.8 Å². The molecule has 0 aliphatic rings. The Morgan fingerprint density at radius 1 is 1.11 bits per heavy atom. The molecular formula is C11H19N3O5. The van der Waals surface area contributed by atoms with Gasteiger partial charge < -0.3 is 29.8 Å². The molecule has 0 amide bonds. The van der Waals surface area contributed by atoms with Gasteiger partial charge in [0, 0.05) is 6.07 Å². The first-order valence-electron chi connectivity index (χ1n) is 5.84. The van der Waals surface area contributed by atoms with E-state index >= 15 is 0 Å². The molecule has 19 heavy (non-hydrogen) atoms. The van der Waals surface area contributed by atoms with Gasteiger partial charge >= 0.3 is 6.01 Å². The molecule has 0 aliphatic carbocycles. The zero-order valence-electron chi connectivity index (χ0n) is 10.9. The number of anilines is 1. The molecule has 8 nitrogen and oxygen atoms in total. The molecule has 0 fully saturated rings. The molecule has 0 unspecified atom stereocenters. The van der Waals surface area contributed by atoms with E-state index in [-0.39, 0.29) is 18.4 Å². The molecule has 0 spiro atoms. The lowest BCUT2D eigenvalue weighted by atomic mass is 10.5. The highest BCUT2D eigenvalue weighted by molar-refractivity contribution is 5.34. The first kappa shape index (κ1) is 15.4. The van der Waals surface area contributed by atoms with E-state index < -0.39 is 0 Å². The number of ether oxygens (including phenoxy) is 4. The Kier molecular flexibility index (Phi) is 7.56. The summed E-state index contributed by atoms with van der Waals surface area (Å²) in [6.07, 6.45) is 0. The maximum absolute atomic E-state index is 8.48. The number of nitrogens with two attached hydrogens (primary N) is 1. The molecule has 0 saturated carbocycles. The second kappa shape index (κ2) is 9.31.